The maximum atomic E-state index is 12.4. The van der Waals surface area contributed by atoms with Gasteiger partial charge in [-0.2, -0.15) is 4.98 Å². The van der Waals surface area contributed by atoms with E-state index < -0.39 is 0 Å². The number of rotatable bonds is 7. The predicted molar refractivity (Wildman–Crippen MR) is 116 cm³/mol. The van der Waals surface area contributed by atoms with Crippen LogP contribution < -0.4 is 5.32 Å². The summed E-state index contributed by atoms with van der Waals surface area (Å²) < 4.78 is 5.27. The molecule has 3 aromatic carbocycles. The van der Waals surface area contributed by atoms with Crippen molar-refractivity contribution in [3.8, 4) is 22.5 Å². The highest BCUT2D eigenvalue weighted by molar-refractivity contribution is 5.76. The van der Waals surface area contributed by atoms with Crippen molar-refractivity contribution in [2.24, 2.45) is 0 Å². The quantitative estimate of drug-likeness (QED) is 0.465. The first kappa shape index (κ1) is 19.6. The van der Waals surface area contributed by atoms with Gasteiger partial charge < -0.3 is 9.84 Å². The van der Waals surface area contributed by atoms with Crippen molar-refractivity contribution in [2.75, 3.05) is 0 Å². The summed E-state index contributed by atoms with van der Waals surface area (Å²) in [6.07, 6.45) is 0.703. The van der Waals surface area contributed by atoms with Crippen LogP contribution in [0, 0.1) is 0 Å². The van der Waals surface area contributed by atoms with Gasteiger partial charge in [0, 0.05) is 18.4 Å². The molecule has 4 aromatic rings. The molecule has 30 heavy (non-hydrogen) atoms. The lowest BCUT2D eigenvalue weighted by molar-refractivity contribution is -0.121. The van der Waals surface area contributed by atoms with E-state index in [0.29, 0.717) is 24.6 Å². The van der Waals surface area contributed by atoms with Gasteiger partial charge in [-0.05, 0) is 23.6 Å². The summed E-state index contributed by atoms with van der Waals surface area (Å²) in [4.78, 5) is 16.7. The molecular weight excluding hydrogens is 374 g/mol. The van der Waals surface area contributed by atoms with Crippen LogP contribution in [0.4, 0.5) is 0 Å². The molecule has 0 aliphatic carbocycles. The highest BCUT2D eigenvalue weighted by atomic mass is 16.5. The normalized spacial score (nSPS) is 11.8. The molecule has 1 atom stereocenters. The number of amides is 1. The molecule has 4 rings (SSSR count). The fourth-order valence-corrected chi connectivity index (χ4v) is 3.27. The van der Waals surface area contributed by atoms with Crippen molar-refractivity contribution in [1.29, 1.82) is 0 Å². The molecule has 1 amide bonds. The minimum absolute atomic E-state index is 0.0471. The Hall–Kier alpha value is -3.73. The summed E-state index contributed by atoms with van der Waals surface area (Å²) in [5.74, 6) is 0.954. The molecule has 0 bridgehead atoms. The number of nitrogens with zero attached hydrogens (tertiary/aromatic N) is 2. The van der Waals surface area contributed by atoms with Gasteiger partial charge in [-0.25, -0.2) is 0 Å². The van der Waals surface area contributed by atoms with E-state index in [2.05, 4.69) is 51.9 Å². The molecule has 1 heterocycles. The molecule has 1 unspecified atom stereocenters. The van der Waals surface area contributed by atoms with Gasteiger partial charge >= 0.3 is 0 Å². The van der Waals surface area contributed by atoms with Gasteiger partial charge in [0.25, 0.3) is 0 Å². The molecule has 1 aromatic heterocycles. The summed E-state index contributed by atoms with van der Waals surface area (Å²) in [5.41, 5.74) is 4.29. The second-order valence-electron chi connectivity index (χ2n) is 7.15. The predicted octanol–water partition coefficient (Wildman–Crippen LogP) is 5.21. The Bertz CT molecular complexity index is 1090. The highest BCUT2D eigenvalue weighted by Crippen LogP contribution is 2.22. The zero-order chi connectivity index (χ0) is 20.8. The van der Waals surface area contributed by atoms with Crippen molar-refractivity contribution in [3.63, 3.8) is 0 Å². The van der Waals surface area contributed by atoms with E-state index in [-0.39, 0.29) is 11.9 Å². The first-order chi connectivity index (χ1) is 14.7. The number of hydrogen-bond acceptors (Lipinski definition) is 4. The Labute approximate surface area is 175 Å². The lowest BCUT2D eigenvalue weighted by Gasteiger charge is -2.14. The summed E-state index contributed by atoms with van der Waals surface area (Å²) in [6.45, 7) is 1.98. The number of nitrogens with one attached hydrogen (secondary N) is 1. The highest BCUT2D eigenvalue weighted by Gasteiger charge is 2.13. The molecule has 0 aliphatic heterocycles. The van der Waals surface area contributed by atoms with Crippen LogP contribution in [0.25, 0.3) is 22.5 Å². The Morgan fingerprint density at radius 1 is 0.867 bits per heavy atom. The third-order valence-corrected chi connectivity index (χ3v) is 4.96. The standard InChI is InChI=1S/C25H23N3O2/c1-18(19-12-14-21(15-13-19)20-8-4-2-5-9-20)26-23(29)16-17-24-27-25(28-30-24)22-10-6-3-7-11-22/h2-15,18H,16-17H2,1H3,(H,26,29). The third kappa shape index (κ3) is 4.81. The van der Waals surface area contributed by atoms with Gasteiger partial charge in [-0.1, -0.05) is 90.1 Å². The van der Waals surface area contributed by atoms with E-state index in [4.69, 9.17) is 4.52 Å². The number of benzene rings is 3. The van der Waals surface area contributed by atoms with Gasteiger partial charge in [0.15, 0.2) is 0 Å². The lowest BCUT2D eigenvalue weighted by atomic mass is 10.0. The van der Waals surface area contributed by atoms with Crippen molar-refractivity contribution < 1.29 is 9.32 Å². The van der Waals surface area contributed by atoms with Crippen LogP contribution in [0.3, 0.4) is 0 Å². The molecule has 0 aliphatic rings. The minimum atomic E-state index is -0.0788. The molecular formula is C25H23N3O2. The van der Waals surface area contributed by atoms with E-state index in [0.717, 1.165) is 16.7 Å². The van der Waals surface area contributed by atoms with Crippen LogP contribution >= 0.6 is 0 Å². The van der Waals surface area contributed by atoms with E-state index in [1.54, 1.807) is 0 Å². The molecule has 5 heteroatoms. The molecule has 0 saturated carbocycles. The fourth-order valence-electron chi connectivity index (χ4n) is 3.27. The number of hydrogen-bond donors (Lipinski definition) is 1. The largest absolute Gasteiger partial charge is 0.350 e. The number of aryl methyl sites for hydroxylation is 1. The number of aromatic nitrogens is 2. The van der Waals surface area contributed by atoms with Crippen LogP contribution in [0.15, 0.2) is 89.5 Å². The maximum Gasteiger partial charge on any atom is 0.227 e. The van der Waals surface area contributed by atoms with E-state index >= 15 is 0 Å². The topological polar surface area (TPSA) is 68.0 Å². The Balaban J connectivity index is 1.30. The molecule has 0 saturated heterocycles. The SMILES string of the molecule is CC(NC(=O)CCc1nc(-c2ccccc2)no1)c1ccc(-c2ccccc2)cc1. The second kappa shape index (κ2) is 9.18. The molecule has 1 N–H and O–H groups in total. The fraction of sp³-hybridized carbons (Fsp3) is 0.160. The Morgan fingerprint density at radius 2 is 1.47 bits per heavy atom. The average Bonchev–Trinajstić information content (AvgIpc) is 3.28. The molecule has 0 radical (unpaired) electrons. The Morgan fingerprint density at radius 3 is 2.13 bits per heavy atom. The van der Waals surface area contributed by atoms with Crippen molar-refractivity contribution in [1.82, 2.24) is 15.5 Å². The lowest BCUT2D eigenvalue weighted by Crippen LogP contribution is -2.26. The minimum Gasteiger partial charge on any atom is -0.350 e. The van der Waals surface area contributed by atoms with Crippen LogP contribution in [-0.2, 0) is 11.2 Å². The van der Waals surface area contributed by atoms with Gasteiger partial charge in [-0.3, -0.25) is 4.79 Å². The van der Waals surface area contributed by atoms with Crippen molar-refractivity contribution in [2.45, 2.75) is 25.8 Å². The van der Waals surface area contributed by atoms with Gasteiger partial charge in [0.1, 0.15) is 0 Å². The molecule has 0 spiro atoms. The molecule has 5 nitrogen and oxygen atoms in total. The molecule has 0 fully saturated rings. The van der Waals surface area contributed by atoms with E-state index in [9.17, 15) is 4.79 Å². The Kier molecular flexibility index (Phi) is 5.99. The van der Waals surface area contributed by atoms with E-state index in [1.807, 2.05) is 55.5 Å². The first-order valence-electron chi connectivity index (χ1n) is 10.0. The average molecular weight is 397 g/mol. The summed E-state index contributed by atoms with van der Waals surface area (Å²) in [7, 11) is 0. The van der Waals surface area contributed by atoms with Crippen LogP contribution in [0.5, 0.6) is 0 Å². The van der Waals surface area contributed by atoms with Crippen LogP contribution in [0.2, 0.25) is 0 Å². The van der Waals surface area contributed by atoms with Crippen molar-refractivity contribution in [3.05, 3.63) is 96.4 Å². The molecule has 150 valence electrons. The summed E-state index contributed by atoms with van der Waals surface area (Å²) in [5, 5.41) is 7.02. The first-order valence-corrected chi connectivity index (χ1v) is 10.0. The summed E-state index contributed by atoms with van der Waals surface area (Å²) in [6, 6.07) is 28.0. The number of carbonyl (C=O) groups excluding carboxylic acids is 1. The summed E-state index contributed by atoms with van der Waals surface area (Å²) >= 11 is 0. The maximum absolute atomic E-state index is 12.4. The monoisotopic (exact) mass is 397 g/mol. The number of carbonyl (C=O) groups is 1. The van der Waals surface area contributed by atoms with Gasteiger partial charge in [0.2, 0.25) is 17.6 Å². The second-order valence-corrected chi connectivity index (χ2v) is 7.15. The van der Waals surface area contributed by atoms with E-state index in [1.165, 1.54) is 5.56 Å². The third-order valence-electron chi connectivity index (χ3n) is 4.96. The smallest absolute Gasteiger partial charge is 0.227 e. The van der Waals surface area contributed by atoms with Crippen LogP contribution in [0.1, 0.15) is 30.8 Å². The zero-order valence-electron chi connectivity index (χ0n) is 16.8. The van der Waals surface area contributed by atoms with Crippen molar-refractivity contribution >= 4 is 5.91 Å². The van der Waals surface area contributed by atoms with Gasteiger partial charge in [0.05, 0.1) is 6.04 Å². The van der Waals surface area contributed by atoms with Crippen LogP contribution in [-0.4, -0.2) is 16.0 Å². The zero-order valence-corrected chi connectivity index (χ0v) is 16.8. The van der Waals surface area contributed by atoms with Gasteiger partial charge in [-0.15, -0.1) is 0 Å².